The van der Waals surface area contributed by atoms with Gasteiger partial charge in [-0.05, 0) is 31.9 Å². The van der Waals surface area contributed by atoms with Gasteiger partial charge in [-0.2, -0.15) is 0 Å². The predicted octanol–water partition coefficient (Wildman–Crippen LogP) is 1.89. The van der Waals surface area contributed by atoms with Crippen molar-refractivity contribution in [3.8, 4) is 0 Å². The number of carbonyl (C=O) groups excluding carboxylic acids is 1. The van der Waals surface area contributed by atoms with Crippen molar-refractivity contribution < 1.29 is 4.79 Å². The Hall–Kier alpha value is -2.35. The largest absolute Gasteiger partial charge is 0.360 e. The van der Waals surface area contributed by atoms with Gasteiger partial charge >= 0.3 is 0 Å². The van der Waals surface area contributed by atoms with Crippen LogP contribution in [0.25, 0.3) is 10.2 Å². The number of likely N-dealkylation sites (tertiary alicyclic amines) is 1. The lowest BCUT2D eigenvalue weighted by Crippen LogP contribution is -2.40. The van der Waals surface area contributed by atoms with Gasteiger partial charge in [0, 0.05) is 32.7 Å². The van der Waals surface area contributed by atoms with Gasteiger partial charge in [0.1, 0.15) is 6.54 Å². The molecule has 0 spiro atoms. The standard InChI is InChI=1S/C18H26N6OS/c1-2-19-17(22-13-16(25)24-11-5-6-12-24)20-9-10-21-18-23-14-7-3-4-8-15(14)26-18/h3-4,7-8H,2,5-6,9-13H2,1H3,(H,21,23)(H2,19,20,22). The number of nitrogens with one attached hydrogen (secondary N) is 3. The third-order valence-corrected chi connectivity index (χ3v) is 5.16. The molecular weight excluding hydrogens is 348 g/mol. The maximum atomic E-state index is 12.1. The highest BCUT2D eigenvalue weighted by Gasteiger charge is 2.17. The van der Waals surface area contributed by atoms with E-state index in [1.807, 2.05) is 30.0 Å². The summed E-state index contributed by atoms with van der Waals surface area (Å²) in [6.45, 7) is 6.12. The van der Waals surface area contributed by atoms with Crippen LogP contribution in [-0.4, -0.2) is 61.0 Å². The van der Waals surface area contributed by atoms with Crippen molar-refractivity contribution in [1.29, 1.82) is 0 Å². The number of thiazole rings is 1. The SMILES string of the molecule is CCNC(=NCC(=O)N1CCCC1)NCCNc1nc2ccccc2s1. The van der Waals surface area contributed by atoms with Crippen molar-refractivity contribution in [3.05, 3.63) is 24.3 Å². The molecule has 1 aromatic carbocycles. The molecule has 1 saturated heterocycles. The van der Waals surface area contributed by atoms with Crippen LogP contribution >= 0.6 is 11.3 Å². The molecule has 1 aliphatic heterocycles. The van der Waals surface area contributed by atoms with Crippen LogP contribution in [0.15, 0.2) is 29.3 Å². The number of aromatic nitrogens is 1. The van der Waals surface area contributed by atoms with Crippen molar-refractivity contribution >= 4 is 38.6 Å². The minimum atomic E-state index is 0.104. The number of anilines is 1. The Morgan fingerprint density at radius 1 is 1.23 bits per heavy atom. The fourth-order valence-electron chi connectivity index (χ4n) is 2.85. The van der Waals surface area contributed by atoms with E-state index in [9.17, 15) is 4.79 Å². The quantitative estimate of drug-likeness (QED) is 0.392. The zero-order valence-corrected chi connectivity index (χ0v) is 15.9. The molecule has 1 aromatic heterocycles. The zero-order valence-electron chi connectivity index (χ0n) is 15.1. The third kappa shape index (κ3) is 5.08. The van der Waals surface area contributed by atoms with Crippen molar-refractivity contribution in [2.24, 2.45) is 4.99 Å². The van der Waals surface area contributed by atoms with Crippen LogP contribution in [0.3, 0.4) is 0 Å². The molecule has 2 aromatic rings. The molecule has 0 saturated carbocycles. The minimum absolute atomic E-state index is 0.104. The predicted molar refractivity (Wildman–Crippen MR) is 108 cm³/mol. The lowest BCUT2D eigenvalue weighted by Gasteiger charge is -2.15. The van der Waals surface area contributed by atoms with Crippen LogP contribution in [0.5, 0.6) is 0 Å². The molecule has 1 aliphatic rings. The molecule has 0 bridgehead atoms. The number of hydrogen-bond acceptors (Lipinski definition) is 5. The van der Waals surface area contributed by atoms with Crippen LogP contribution in [0.4, 0.5) is 5.13 Å². The Bertz CT molecular complexity index is 720. The molecule has 8 heteroatoms. The second-order valence-corrected chi connectivity index (χ2v) is 7.15. The van der Waals surface area contributed by atoms with Gasteiger partial charge in [0.25, 0.3) is 0 Å². The summed E-state index contributed by atoms with van der Waals surface area (Å²) in [5.74, 6) is 0.776. The van der Waals surface area contributed by atoms with Gasteiger partial charge in [-0.15, -0.1) is 0 Å². The number of hydrogen-bond donors (Lipinski definition) is 3. The summed E-state index contributed by atoms with van der Waals surface area (Å²) in [5, 5.41) is 10.7. The van der Waals surface area contributed by atoms with E-state index in [0.29, 0.717) is 12.5 Å². The van der Waals surface area contributed by atoms with E-state index >= 15 is 0 Å². The molecule has 0 atom stereocenters. The lowest BCUT2D eigenvalue weighted by molar-refractivity contribution is -0.128. The van der Waals surface area contributed by atoms with E-state index in [0.717, 1.165) is 49.7 Å². The molecule has 3 N–H and O–H groups in total. The molecule has 2 heterocycles. The van der Waals surface area contributed by atoms with Crippen LogP contribution in [0.1, 0.15) is 19.8 Å². The summed E-state index contributed by atoms with van der Waals surface area (Å²) in [5.41, 5.74) is 1.02. The molecule has 0 radical (unpaired) electrons. The summed E-state index contributed by atoms with van der Waals surface area (Å²) in [7, 11) is 0. The zero-order chi connectivity index (χ0) is 18.2. The first kappa shape index (κ1) is 18.4. The van der Waals surface area contributed by atoms with E-state index in [-0.39, 0.29) is 12.5 Å². The second kappa shape index (κ2) is 9.38. The Labute approximate surface area is 157 Å². The topological polar surface area (TPSA) is 81.7 Å². The molecule has 26 heavy (non-hydrogen) atoms. The highest BCUT2D eigenvalue weighted by Crippen LogP contribution is 2.24. The van der Waals surface area contributed by atoms with Gasteiger partial charge in [0.15, 0.2) is 11.1 Å². The average Bonchev–Trinajstić information content (AvgIpc) is 3.32. The molecular formula is C18H26N6OS. The number of carbonyl (C=O) groups is 1. The van der Waals surface area contributed by atoms with Gasteiger partial charge in [-0.1, -0.05) is 23.5 Å². The average molecular weight is 375 g/mol. The number of para-hydroxylation sites is 1. The molecule has 140 valence electrons. The normalized spacial score (nSPS) is 14.7. The van der Waals surface area contributed by atoms with E-state index in [1.54, 1.807) is 11.3 Å². The summed E-state index contributed by atoms with van der Waals surface area (Å²) in [6.07, 6.45) is 2.20. The summed E-state index contributed by atoms with van der Waals surface area (Å²) in [4.78, 5) is 22.9. The van der Waals surface area contributed by atoms with E-state index in [1.165, 1.54) is 4.70 Å². The Morgan fingerprint density at radius 2 is 2.04 bits per heavy atom. The second-order valence-electron chi connectivity index (χ2n) is 6.12. The van der Waals surface area contributed by atoms with Crippen molar-refractivity contribution in [2.45, 2.75) is 19.8 Å². The number of rotatable bonds is 7. The first-order valence-electron chi connectivity index (χ1n) is 9.15. The highest BCUT2D eigenvalue weighted by molar-refractivity contribution is 7.22. The summed E-state index contributed by atoms with van der Waals surface area (Å²) < 4.78 is 1.18. The van der Waals surface area contributed by atoms with Crippen LogP contribution in [-0.2, 0) is 4.79 Å². The molecule has 1 amide bonds. The smallest absolute Gasteiger partial charge is 0.244 e. The van der Waals surface area contributed by atoms with E-state index < -0.39 is 0 Å². The first-order valence-corrected chi connectivity index (χ1v) is 9.97. The number of benzene rings is 1. The third-order valence-electron chi connectivity index (χ3n) is 4.16. The lowest BCUT2D eigenvalue weighted by atomic mass is 10.3. The number of aliphatic imine (C=N–C) groups is 1. The van der Waals surface area contributed by atoms with Crippen molar-refractivity contribution in [2.75, 3.05) is 44.6 Å². The molecule has 3 rings (SSSR count). The Balaban J connectivity index is 1.44. The van der Waals surface area contributed by atoms with Crippen molar-refractivity contribution in [1.82, 2.24) is 20.5 Å². The summed E-state index contributed by atoms with van der Waals surface area (Å²) in [6, 6.07) is 8.11. The van der Waals surface area contributed by atoms with Gasteiger partial charge in [0.2, 0.25) is 5.91 Å². The molecule has 0 unspecified atom stereocenters. The van der Waals surface area contributed by atoms with Gasteiger partial charge in [0.05, 0.1) is 10.2 Å². The number of fused-ring (bicyclic) bond motifs is 1. The number of guanidine groups is 1. The summed E-state index contributed by atoms with van der Waals surface area (Å²) >= 11 is 1.65. The molecule has 7 nitrogen and oxygen atoms in total. The highest BCUT2D eigenvalue weighted by atomic mass is 32.1. The Morgan fingerprint density at radius 3 is 2.81 bits per heavy atom. The van der Waals surface area contributed by atoms with E-state index in [2.05, 4.69) is 32.0 Å². The minimum Gasteiger partial charge on any atom is -0.360 e. The van der Waals surface area contributed by atoms with Gasteiger partial charge in [-0.25, -0.2) is 9.98 Å². The first-order chi connectivity index (χ1) is 12.8. The van der Waals surface area contributed by atoms with Crippen LogP contribution < -0.4 is 16.0 Å². The van der Waals surface area contributed by atoms with E-state index in [4.69, 9.17) is 0 Å². The molecule has 0 aliphatic carbocycles. The molecule has 1 fully saturated rings. The Kier molecular flexibility index (Phi) is 6.65. The van der Waals surface area contributed by atoms with Crippen LogP contribution in [0, 0.1) is 0 Å². The van der Waals surface area contributed by atoms with Crippen LogP contribution in [0.2, 0.25) is 0 Å². The number of nitrogens with zero attached hydrogens (tertiary/aromatic N) is 3. The fourth-order valence-corrected chi connectivity index (χ4v) is 3.74. The number of amides is 1. The fraction of sp³-hybridized carbons (Fsp3) is 0.500. The van der Waals surface area contributed by atoms with Gasteiger partial charge in [-0.3, -0.25) is 4.79 Å². The maximum absolute atomic E-state index is 12.1. The maximum Gasteiger partial charge on any atom is 0.244 e. The monoisotopic (exact) mass is 374 g/mol. The van der Waals surface area contributed by atoms with Crippen molar-refractivity contribution in [3.63, 3.8) is 0 Å². The van der Waals surface area contributed by atoms with Gasteiger partial charge < -0.3 is 20.9 Å².